The first-order valence-corrected chi connectivity index (χ1v) is 23.7. The molecule has 0 radical (unpaired) electrons. The smallest absolute Gasteiger partial charge is 0.0838 e. The Hall–Kier alpha value is -4.98. The predicted octanol–water partition coefficient (Wildman–Crippen LogP) is 17.7. The second-order valence-corrected chi connectivity index (χ2v) is 20.8. The van der Waals surface area contributed by atoms with Crippen molar-refractivity contribution in [3.8, 4) is 0 Å². The first-order chi connectivity index (χ1) is 28.4. The summed E-state index contributed by atoms with van der Waals surface area (Å²) in [6, 6.07) is 40.4. The third kappa shape index (κ3) is 5.60. The van der Waals surface area contributed by atoms with Crippen molar-refractivity contribution in [1.82, 2.24) is 0 Å². The second kappa shape index (κ2) is 14.1. The minimum atomic E-state index is -0.172. The first kappa shape index (κ1) is 38.2. The molecular formula is C53H48N2S4. The lowest BCUT2D eigenvalue weighted by Crippen LogP contribution is -2.30. The molecule has 0 unspecified atom stereocenters. The lowest BCUT2D eigenvalue weighted by atomic mass is 9.73. The molecular weight excluding hydrogens is 793 g/mol. The van der Waals surface area contributed by atoms with Crippen LogP contribution in [0.15, 0.2) is 109 Å². The summed E-state index contributed by atoms with van der Waals surface area (Å²) in [7, 11) is 0. The molecule has 0 amide bonds. The molecule has 10 rings (SSSR count). The molecule has 9 aromatic rings. The Labute approximate surface area is 364 Å². The van der Waals surface area contributed by atoms with Crippen LogP contribution in [0.1, 0.15) is 69.5 Å². The highest BCUT2D eigenvalue weighted by molar-refractivity contribution is 7.40. The molecule has 1 aliphatic heterocycles. The van der Waals surface area contributed by atoms with Crippen LogP contribution in [0.25, 0.3) is 37.6 Å². The molecule has 2 nitrogen and oxygen atoms in total. The van der Waals surface area contributed by atoms with Gasteiger partial charge >= 0.3 is 0 Å². The number of anilines is 6. The number of aryl methyl sites for hydroxylation is 4. The highest BCUT2D eigenvalue weighted by atomic mass is 32.1. The van der Waals surface area contributed by atoms with E-state index in [1.165, 1.54) is 116 Å². The Morgan fingerprint density at radius 2 is 0.695 bits per heavy atom. The SMILES string of the molecule is Cc1c(C)c(C)c2sc3c(N4c5ccccc5C(C)(C)c5ccccc54)c4sc5c(C)c(C)c(C)c(C)c5sc4c(N(c4ccccc4)c4ccccc4)c3sc2c1C. The molecule has 6 heteroatoms. The van der Waals surface area contributed by atoms with E-state index in [1.807, 2.05) is 45.3 Å². The Morgan fingerprint density at radius 1 is 0.373 bits per heavy atom. The fraction of sp³-hybridized carbons (Fsp3) is 0.208. The molecule has 59 heavy (non-hydrogen) atoms. The third-order valence-corrected chi connectivity index (χ3v) is 19.1. The van der Waals surface area contributed by atoms with Crippen molar-refractivity contribution in [3.63, 3.8) is 0 Å². The third-order valence-electron chi connectivity index (χ3n) is 13.4. The van der Waals surface area contributed by atoms with Crippen molar-refractivity contribution in [2.24, 2.45) is 0 Å². The van der Waals surface area contributed by atoms with E-state index >= 15 is 0 Å². The van der Waals surface area contributed by atoms with Crippen LogP contribution in [0.3, 0.4) is 0 Å². The topological polar surface area (TPSA) is 6.48 Å². The monoisotopic (exact) mass is 840 g/mol. The van der Waals surface area contributed by atoms with Crippen molar-refractivity contribution in [3.05, 3.63) is 165 Å². The normalized spacial score (nSPS) is 13.4. The molecule has 0 N–H and O–H groups in total. The molecule has 2 aromatic heterocycles. The summed E-state index contributed by atoms with van der Waals surface area (Å²) in [6.07, 6.45) is 0. The fourth-order valence-corrected chi connectivity index (χ4v) is 15.4. The van der Waals surface area contributed by atoms with Crippen molar-refractivity contribution in [1.29, 1.82) is 0 Å². The Bertz CT molecular complexity index is 3020. The van der Waals surface area contributed by atoms with Crippen molar-refractivity contribution in [2.75, 3.05) is 9.80 Å². The van der Waals surface area contributed by atoms with Gasteiger partial charge in [-0.15, -0.1) is 45.3 Å². The van der Waals surface area contributed by atoms with Gasteiger partial charge in [-0.05, 0) is 147 Å². The molecule has 0 saturated heterocycles. The van der Waals surface area contributed by atoms with Gasteiger partial charge in [0, 0.05) is 35.6 Å². The number of hydrogen-bond acceptors (Lipinski definition) is 6. The van der Waals surface area contributed by atoms with Crippen LogP contribution >= 0.6 is 45.3 Å². The maximum atomic E-state index is 2.65. The highest BCUT2D eigenvalue weighted by Crippen LogP contribution is 2.61. The highest BCUT2D eigenvalue weighted by Gasteiger charge is 2.39. The zero-order valence-electron chi connectivity index (χ0n) is 35.4. The Balaban J connectivity index is 1.52. The van der Waals surface area contributed by atoms with Crippen LogP contribution in [0, 0.1) is 55.4 Å². The van der Waals surface area contributed by atoms with Crippen molar-refractivity contribution in [2.45, 2.75) is 74.7 Å². The summed E-state index contributed by atoms with van der Waals surface area (Å²) in [5.41, 5.74) is 20.9. The van der Waals surface area contributed by atoms with E-state index in [1.54, 1.807) is 0 Å². The molecule has 1 aliphatic rings. The molecule has 0 spiro atoms. The van der Waals surface area contributed by atoms with Crippen LogP contribution in [-0.2, 0) is 5.41 Å². The van der Waals surface area contributed by atoms with Gasteiger partial charge in [0.2, 0.25) is 0 Å². The molecule has 0 aliphatic carbocycles. The van der Waals surface area contributed by atoms with Crippen LogP contribution in [0.4, 0.5) is 34.1 Å². The van der Waals surface area contributed by atoms with Gasteiger partial charge in [0.05, 0.1) is 41.5 Å². The van der Waals surface area contributed by atoms with Gasteiger partial charge in [0.25, 0.3) is 0 Å². The Kier molecular flexibility index (Phi) is 9.11. The van der Waals surface area contributed by atoms with Gasteiger partial charge in [0.1, 0.15) is 0 Å². The fourth-order valence-electron chi connectivity index (χ4n) is 9.28. The van der Waals surface area contributed by atoms with Crippen molar-refractivity contribution < 1.29 is 0 Å². The molecule has 0 atom stereocenters. The second-order valence-electron chi connectivity index (χ2n) is 16.7. The van der Waals surface area contributed by atoms with Gasteiger partial charge < -0.3 is 9.80 Å². The number of benzene rings is 7. The van der Waals surface area contributed by atoms with E-state index in [0.717, 1.165) is 11.4 Å². The van der Waals surface area contributed by atoms with E-state index in [0.29, 0.717) is 0 Å². The summed E-state index contributed by atoms with van der Waals surface area (Å²) in [4.78, 5) is 5.20. The standard InChI is InChI=1S/C53H48N2S4/c1-29-31(3)35(7)47-45(33(29)5)56-49-43(54(37-21-13-11-14-22-37)38-23-15-12-16-24-38)50-52(59-48-36(8)32(4)30(2)34(6)46(48)57-50)44(51(49)58-47)55-41-27-19-17-25-39(41)53(9,10)40-26-18-20-28-42(40)55/h11-28H,1-10H3. The van der Waals surface area contributed by atoms with E-state index in [-0.39, 0.29) is 5.41 Å². The van der Waals surface area contributed by atoms with Crippen LogP contribution in [-0.4, -0.2) is 0 Å². The molecule has 3 heterocycles. The van der Waals surface area contributed by atoms with Crippen molar-refractivity contribution >= 4 is 117 Å². The van der Waals surface area contributed by atoms with Crippen LogP contribution < -0.4 is 9.80 Å². The lowest BCUT2D eigenvalue weighted by Gasteiger charge is -2.42. The number of nitrogens with zero attached hydrogens (tertiary/aromatic N) is 2. The number of fused-ring (bicyclic) bond motifs is 6. The average molecular weight is 841 g/mol. The quantitative estimate of drug-likeness (QED) is 0.163. The first-order valence-electron chi connectivity index (χ1n) is 20.5. The van der Waals surface area contributed by atoms with Gasteiger partial charge in [-0.3, -0.25) is 0 Å². The van der Waals surface area contributed by atoms with Gasteiger partial charge in [0.15, 0.2) is 0 Å². The maximum absolute atomic E-state index is 2.65. The number of para-hydroxylation sites is 4. The summed E-state index contributed by atoms with van der Waals surface area (Å²) in [6.45, 7) is 23.4. The van der Waals surface area contributed by atoms with E-state index in [2.05, 4.69) is 188 Å². The van der Waals surface area contributed by atoms with E-state index in [4.69, 9.17) is 0 Å². The molecule has 294 valence electrons. The maximum Gasteiger partial charge on any atom is 0.0838 e. The summed E-state index contributed by atoms with van der Waals surface area (Å²) >= 11 is 7.96. The van der Waals surface area contributed by atoms with Crippen LogP contribution in [0.5, 0.6) is 0 Å². The molecule has 0 fully saturated rings. The van der Waals surface area contributed by atoms with Gasteiger partial charge in [-0.2, -0.15) is 0 Å². The summed E-state index contributed by atoms with van der Waals surface area (Å²) in [5, 5.41) is 0. The van der Waals surface area contributed by atoms with Gasteiger partial charge in [-0.25, -0.2) is 0 Å². The number of rotatable bonds is 4. The summed E-state index contributed by atoms with van der Waals surface area (Å²) in [5.74, 6) is 0. The molecule has 7 aromatic carbocycles. The summed E-state index contributed by atoms with van der Waals surface area (Å²) < 4.78 is 10.8. The predicted molar refractivity (Wildman–Crippen MR) is 265 cm³/mol. The Morgan fingerprint density at radius 3 is 1.07 bits per heavy atom. The largest absolute Gasteiger partial charge is 0.308 e. The number of hydrogen-bond donors (Lipinski definition) is 0. The van der Waals surface area contributed by atoms with E-state index in [9.17, 15) is 0 Å². The zero-order valence-corrected chi connectivity index (χ0v) is 38.7. The van der Waals surface area contributed by atoms with Gasteiger partial charge in [-0.1, -0.05) is 86.6 Å². The zero-order chi connectivity index (χ0) is 41.1. The molecule has 0 bridgehead atoms. The van der Waals surface area contributed by atoms with E-state index < -0.39 is 0 Å². The molecule has 0 saturated carbocycles. The average Bonchev–Trinajstić information content (AvgIpc) is 3.26. The minimum Gasteiger partial charge on any atom is -0.308 e. The van der Waals surface area contributed by atoms with Crippen LogP contribution in [0.2, 0.25) is 0 Å². The minimum absolute atomic E-state index is 0.172. The lowest BCUT2D eigenvalue weighted by molar-refractivity contribution is 0.632.